The number of nitrogens with two attached hydrogens (primary N) is 1. The second-order valence-corrected chi connectivity index (χ2v) is 4.96. The molecule has 0 bridgehead atoms. The Morgan fingerprint density at radius 3 is 2.45 bits per heavy atom. The molecule has 0 aromatic heterocycles. The van der Waals surface area contributed by atoms with Crippen LogP contribution < -0.4 is 10.5 Å². The standard InChI is InChI=1S/C16H17ClN2O/c1-2-3-11-4-7-13(8-5-11)20-15-9-6-12(16(18)19)10-14(15)17/h4-10H,2-3H2,1H3,(H3,18,19). The van der Waals surface area contributed by atoms with Gasteiger partial charge < -0.3 is 10.5 Å². The molecule has 3 N–H and O–H groups in total. The van der Waals surface area contributed by atoms with Gasteiger partial charge in [0.05, 0.1) is 5.02 Å². The Balaban J connectivity index is 2.15. The van der Waals surface area contributed by atoms with Crippen LogP contribution in [0.4, 0.5) is 0 Å². The molecule has 0 amide bonds. The van der Waals surface area contributed by atoms with E-state index in [-0.39, 0.29) is 5.84 Å². The molecule has 0 aliphatic heterocycles. The highest BCUT2D eigenvalue weighted by atomic mass is 35.5. The van der Waals surface area contributed by atoms with Gasteiger partial charge in [-0.15, -0.1) is 0 Å². The molecular formula is C16H17ClN2O. The minimum atomic E-state index is -0.0117. The Hall–Kier alpha value is -2.00. The number of nitrogen functional groups attached to an aromatic ring is 1. The summed E-state index contributed by atoms with van der Waals surface area (Å²) in [6.45, 7) is 2.15. The third-order valence-corrected chi connectivity index (χ3v) is 3.23. The third-order valence-electron chi connectivity index (χ3n) is 2.93. The summed E-state index contributed by atoms with van der Waals surface area (Å²) < 4.78 is 5.73. The number of nitrogens with one attached hydrogen (secondary N) is 1. The van der Waals surface area contributed by atoms with E-state index in [2.05, 4.69) is 19.1 Å². The zero-order chi connectivity index (χ0) is 14.5. The van der Waals surface area contributed by atoms with E-state index in [1.165, 1.54) is 5.56 Å². The van der Waals surface area contributed by atoms with Gasteiger partial charge in [-0.3, -0.25) is 5.41 Å². The summed E-state index contributed by atoms with van der Waals surface area (Å²) in [5.41, 5.74) is 7.29. The summed E-state index contributed by atoms with van der Waals surface area (Å²) >= 11 is 6.13. The molecule has 0 radical (unpaired) electrons. The molecule has 104 valence electrons. The van der Waals surface area contributed by atoms with Crippen molar-refractivity contribution in [1.29, 1.82) is 5.41 Å². The second-order valence-electron chi connectivity index (χ2n) is 4.55. The number of halogens is 1. The fourth-order valence-corrected chi connectivity index (χ4v) is 2.11. The van der Waals surface area contributed by atoms with Gasteiger partial charge in [0.2, 0.25) is 0 Å². The van der Waals surface area contributed by atoms with Crippen LogP contribution in [0.1, 0.15) is 24.5 Å². The van der Waals surface area contributed by atoms with Crippen LogP contribution in [0.25, 0.3) is 0 Å². The molecular weight excluding hydrogens is 272 g/mol. The maximum atomic E-state index is 7.37. The lowest BCUT2D eigenvalue weighted by atomic mass is 10.1. The molecule has 0 atom stereocenters. The van der Waals surface area contributed by atoms with Crippen molar-refractivity contribution < 1.29 is 4.74 Å². The van der Waals surface area contributed by atoms with E-state index in [1.807, 2.05) is 12.1 Å². The van der Waals surface area contributed by atoms with Gasteiger partial charge in [0.1, 0.15) is 17.3 Å². The molecule has 4 heteroatoms. The molecule has 0 saturated heterocycles. The zero-order valence-electron chi connectivity index (χ0n) is 11.3. The summed E-state index contributed by atoms with van der Waals surface area (Å²) in [6, 6.07) is 13.0. The highest BCUT2D eigenvalue weighted by Gasteiger charge is 2.06. The van der Waals surface area contributed by atoms with Crippen molar-refractivity contribution in [3.05, 3.63) is 58.6 Å². The summed E-state index contributed by atoms with van der Waals surface area (Å²) in [6.07, 6.45) is 2.19. The summed E-state index contributed by atoms with van der Waals surface area (Å²) in [5.74, 6) is 1.28. The SMILES string of the molecule is CCCc1ccc(Oc2ccc(C(=N)N)cc2Cl)cc1. The van der Waals surface area contributed by atoms with Gasteiger partial charge in [0, 0.05) is 5.56 Å². The van der Waals surface area contributed by atoms with Crippen LogP contribution in [0.5, 0.6) is 11.5 Å². The molecule has 0 saturated carbocycles. The quantitative estimate of drug-likeness (QED) is 0.634. The summed E-state index contributed by atoms with van der Waals surface area (Å²) in [5, 5.41) is 7.81. The molecule has 0 fully saturated rings. The largest absolute Gasteiger partial charge is 0.456 e. The Bertz CT molecular complexity index is 608. The third kappa shape index (κ3) is 3.52. The second kappa shape index (κ2) is 6.44. The Kier molecular flexibility index (Phi) is 4.64. The van der Waals surface area contributed by atoms with Gasteiger partial charge in [-0.2, -0.15) is 0 Å². The average Bonchev–Trinajstić information content (AvgIpc) is 2.43. The zero-order valence-corrected chi connectivity index (χ0v) is 12.1. The van der Waals surface area contributed by atoms with Crippen LogP contribution in [-0.4, -0.2) is 5.84 Å². The van der Waals surface area contributed by atoms with Crippen LogP contribution in [0.2, 0.25) is 5.02 Å². The van der Waals surface area contributed by atoms with Crippen molar-refractivity contribution in [1.82, 2.24) is 0 Å². The van der Waals surface area contributed by atoms with Crippen LogP contribution in [-0.2, 0) is 6.42 Å². The fourth-order valence-electron chi connectivity index (χ4n) is 1.89. The minimum absolute atomic E-state index is 0.0117. The first-order valence-electron chi connectivity index (χ1n) is 6.51. The van der Waals surface area contributed by atoms with Crippen molar-refractivity contribution in [2.45, 2.75) is 19.8 Å². The minimum Gasteiger partial charge on any atom is -0.456 e. The first-order valence-corrected chi connectivity index (χ1v) is 6.88. The Morgan fingerprint density at radius 1 is 1.20 bits per heavy atom. The number of hydrogen-bond acceptors (Lipinski definition) is 2. The summed E-state index contributed by atoms with van der Waals surface area (Å²) in [4.78, 5) is 0. The highest BCUT2D eigenvalue weighted by molar-refractivity contribution is 6.32. The molecule has 2 aromatic carbocycles. The molecule has 3 nitrogen and oxygen atoms in total. The van der Waals surface area contributed by atoms with Crippen LogP contribution in [0.15, 0.2) is 42.5 Å². The average molecular weight is 289 g/mol. The first-order chi connectivity index (χ1) is 9.60. The number of rotatable bonds is 5. The fraction of sp³-hybridized carbons (Fsp3) is 0.188. The molecule has 0 aliphatic rings. The number of benzene rings is 2. The Morgan fingerprint density at radius 2 is 1.90 bits per heavy atom. The topological polar surface area (TPSA) is 59.1 Å². The molecule has 0 spiro atoms. The normalized spacial score (nSPS) is 10.3. The van der Waals surface area contributed by atoms with Crippen LogP contribution in [0.3, 0.4) is 0 Å². The molecule has 0 heterocycles. The van der Waals surface area contributed by atoms with Crippen molar-refractivity contribution in [3.63, 3.8) is 0 Å². The van der Waals surface area contributed by atoms with Crippen molar-refractivity contribution in [2.24, 2.45) is 5.73 Å². The van der Waals surface area contributed by atoms with Gasteiger partial charge in [-0.05, 0) is 42.3 Å². The predicted molar refractivity (Wildman–Crippen MR) is 83.0 cm³/mol. The van der Waals surface area contributed by atoms with Crippen molar-refractivity contribution in [2.75, 3.05) is 0 Å². The molecule has 0 unspecified atom stereocenters. The van der Waals surface area contributed by atoms with E-state index >= 15 is 0 Å². The van der Waals surface area contributed by atoms with Gasteiger partial charge in [-0.25, -0.2) is 0 Å². The molecule has 2 aromatic rings. The monoisotopic (exact) mass is 288 g/mol. The number of hydrogen-bond donors (Lipinski definition) is 2. The van der Waals surface area contributed by atoms with Gasteiger partial charge in [0.15, 0.2) is 0 Å². The molecule has 2 rings (SSSR count). The lowest BCUT2D eigenvalue weighted by Gasteiger charge is -2.09. The van der Waals surface area contributed by atoms with Crippen LogP contribution in [0, 0.1) is 5.41 Å². The lowest BCUT2D eigenvalue weighted by Crippen LogP contribution is -2.10. The number of aryl methyl sites for hydroxylation is 1. The van der Waals surface area contributed by atoms with Gasteiger partial charge >= 0.3 is 0 Å². The Labute approximate surface area is 123 Å². The van der Waals surface area contributed by atoms with E-state index in [0.29, 0.717) is 16.3 Å². The first kappa shape index (κ1) is 14.4. The van der Waals surface area contributed by atoms with Crippen LogP contribution >= 0.6 is 11.6 Å². The lowest BCUT2D eigenvalue weighted by molar-refractivity contribution is 0.482. The van der Waals surface area contributed by atoms with E-state index in [4.69, 9.17) is 27.5 Å². The van der Waals surface area contributed by atoms with E-state index in [1.54, 1.807) is 18.2 Å². The van der Waals surface area contributed by atoms with Gasteiger partial charge in [0.25, 0.3) is 0 Å². The van der Waals surface area contributed by atoms with Gasteiger partial charge in [-0.1, -0.05) is 37.1 Å². The smallest absolute Gasteiger partial charge is 0.146 e. The maximum absolute atomic E-state index is 7.37. The predicted octanol–water partition coefficient (Wildman–Crippen LogP) is 4.37. The van der Waals surface area contributed by atoms with Crippen molar-refractivity contribution >= 4 is 17.4 Å². The maximum Gasteiger partial charge on any atom is 0.146 e. The number of ether oxygens (including phenoxy) is 1. The molecule has 0 aliphatic carbocycles. The molecule has 20 heavy (non-hydrogen) atoms. The number of amidine groups is 1. The van der Waals surface area contributed by atoms with E-state index in [9.17, 15) is 0 Å². The van der Waals surface area contributed by atoms with E-state index in [0.717, 1.165) is 18.6 Å². The van der Waals surface area contributed by atoms with Crippen molar-refractivity contribution in [3.8, 4) is 11.5 Å². The highest BCUT2D eigenvalue weighted by Crippen LogP contribution is 2.30. The van der Waals surface area contributed by atoms with E-state index < -0.39 is 0 Å². The summed E-state index contributed by atoms with van der Waals surface area (Å²) in [7, 11) is 0.